The largest absolute Gasteiger partial charge is 0.465 e. The molecule has 0 bridgehead atoms. The lowest BCUT2D eigenvalue weighted by Crippen LogP contribution is -2.16. The minimum atomic E-state index is -0.721. The SMILES string of the molecule is COC(=O)c1cc(NC(=O)OCCc2cccc(-c3ccc(Cl)cc3)c2)cc(C(=O)OC)c1. The summed E-state index contributed by atoms with van der Waals surface area (Å²) in [6.45, 7) is 0.135. The Hall–Kier alpha value is -3.84. The van der Waals surface area contributed by atoms with Crippen LogP contribution in [0, 0.1) is 0 Å². The molecule has 0 aromatic heterocycles. The van der Waals surface area contributed by atoms with Crippen molar-refractivity contribution < 1.29 is 28.6 Å². The number of methoxy groups -OCH3 is 2. The number of nitrogens with one attached hydrogen (secondary N) is 1. The first-order valence-corrected chi connectivity index (χ1v) is 10.4. The molecule has 7 nitrogen and oxygen atoms in total. The molecular formula is C25H22ClNO6. The fraction of sp³-hybridized carbons (Fsp3) is 0.160. The number of benzene rings is 3. The van der Waals surface area contributed by atoms with Crippen LogP contribution in [0.15, 0.2) is 66.7 Å². The molecule has 0 heterocycles. The molecule has 0 aliphatic rings. The number of hydrogen-bond donors (Lipinski definition) is 1. The number of hydrogen-bond acceptors (Lipinski definition) is 6. The maximum Gasteiger partial charge on any atom is 0.411 e. The van der Waals surface area contributed by atoms with Crippen LogP contribution in [-0.4, -0.2) is 38.9 Å². The smallest absolute Gasteiger partial charge is 0.411 e. The zero-order chi connectivity index (χ0) is 23.8. The quantitative estimate of drug-likeness (QED) is 0.371. The molecule has 1 amide bonds. The standard InChI is InChI=1S/C25H22ClNO6/c1-31-23(28)19-13-20(24(29)32-2)15-22(14-19)27-25(30)33-11-10-16-4-3-5-18(12-16)17-6-8-21(26)9-7-17/h3-9,12-15H,10-11H2,1-2H3,(H,27,30). The Labute approximate surface area is 196 Å². The van der Waals surface area contributed by atoms with Crippen molar-refractivity contribution in [2.24, 2.45) is 0 Å². The first-order chi connectivity index (χ1) is 15.9. The van der Waals surface area contributed by atoms with Crippen LogP contribution in [0.4, 0.5) is 10.5 Å². The van der Waals surface area contributed by atoms with E-state index in [4.69, 9.17) is 16.3 Å². The predicted molar refractivity (Wildman–Crippen MR) is 125 cm³/mol. The van der Waals surface area contributed by atoms with Crippen molar-refractivity contribution in [2.45, 2.75) is 6.42 Å². The number of rotatable bonds is 7. The molecule has 1 N–H and O–H groups in total. The lowest BCUT2D eigenvalue weighted by atomic mass is 10.0. The predicted octanol–water partition coefficient (Wildman–Crippen LogP) is 5.37. The fourth-order valence-corrected chi connectivity index (χ4v) is 3.26. The average Bonchev–Trinajstić information content (AvgIpc) is 2.83. The minimum Gasteiger partial charge on any atom is -0.465 e. The van der Waals surface area contributed by atoms with Crippen molar-refractivity contribution in [3.63, 3.8) is 0 Å². The van der Waals surface area contributed by atoms with Gasteiger partial charge in [-0.1, -0.05) is 48.0 Å². The van der Waals surface area contributed by atoms with Gasteiger partial charge in [0.25, 0.3) is 0 Å². The molecule has 3 aromatic rings. The van der Waals surface area contributed by atoms with Crippen molar-refractivity contribution in [3.05, 3.63) is 88.4 Å². The molecule has 0 spiro atoms. The Morgan fingerprint density at radius 3 is 2.06 bits per heavy atom. The first-order valence-electron chi connectivity index (χ1n) is 10.00. The highest BCUT2D eigenvalue weighted by Crippen LogP contribution is 2.23. The van der Waals surface area contributed by atoms with Crippen molar-refractivity contribution in [1.82, 2.24) is 0 Å². The molecule has 0 radical (unpaired) electrons. The van der Waals surface area contributed by atoms with Gasteiger partial charge >= 0.3 is 18.0 Å². The summed E-state index contributed by atoms with van der Waals surface area (Å²) in [6.07, 6.45) is -0.216. The summed E-state index contributed by atoms with van der Waals surface area (Å²) in [7, 11) is 2.44. The van der Waals surface area contributed by atoms with Crippen LogP contribution in [0.1, 0.15) is 26.3 Å². The second-order valence-electron chi connectivity index (χ2n) is 7.00. The van der Waals surface area contributed by atoms with Crippen molar-refractivity contribution in [2.75, 3.05) is 26.1 Å². The molecule has 0 saturated carbocycles. The summed E-state index contributed by atoms with van der Waals surface area (Å²) in [4.78, 5) is 36.0. The summed E-state index contributed by atoms with van der Waals surface area (Å²) in [5, 5.41) is 3.19. The maximum atomic E-state index is 12.2. The first kappa shape index (κ1) is 23.8. The van der Waals surface area contributed by atoms with Crippen LogP contribution in [0.5, 0.6) is 0 Å². The third-order valence-electron chi connectivity index (χ3n) is 4.75. The molecule has 3 rings (SSSR count). The third kappa shape index (κ3) is 6.57. The molecule has 0 unspecified atom stereocenters. The third-order valence-corrected chi connectivity index (χ3v) is 5.00. The molecule has 33 heavy (non-hydrogen) atoms. The number of amides is 1. The van der Waals surface area contributed by atoms with Crippen LogP contribution in [0.25, 0.3) is 11.1 Å². The highest BCUT2D eigenvalue weighted by atomic mass is 35.5. The van der Waals surface area contributed by atoms with Crippen LogP contribution in [0.3, 0.4) is 0 Å². The number of halogens is 1. The van der Waals surface area contributed by atoms with E-state index in [2.05, 4.69) is 14.8 Å². The number of esters is 2. The number of ether oxygens (including phenoxy) is 3. The number of carbonyl (C=O) groups is 3. The number of carbonyl (C=O) groups excluding carboxylic acids is 3. The van der Waals surface area contributed by atoms with E-state index in [1.807, 2.05) is 48.5 Å². The van der Waals surface area contributed by atoms with Crippen molar-refractivity contribution in [1.29, 1.82) is 0 Å². The van der Waals surface area contributed by atoms with Gasteiger partial charge in [0.05, 0.1) is 32.0 Å². The molecular weight excluding hydrogens is 446 g/mol. The fourth-order valence-electron chi connectivity index (χ4n) is 3.14. The second kappa shape index (κ2) is 11.2. The molecule has 0 atom stereocenters. The van der Waals surface area contributed by atoms with Gasteiger partial charge in [0.15, 0.2) is 0 Å². The Kier molecular flexibility index (Phi) is 8.05. The molecule has 0 aliphatic heterocycles. The molecule has 3 aromatic carbocycles. The van der Waals surface area contributed by atoms with Gasteiger partial charge in [-0.3, -0.25) is 5.32 Å². The summed E-state index contributed by atoms with van der Waals surface area (Å²) in [6, 6.07) is 19.5. The van der Waals surface area contributed by atoms with E-state index in [1.54, 1.807) is 0 Å². The van der Waals surface area contributed by atoms with Gasteiger partial charge in [-0.25, -0.2) is 14.4 Å². The van der Waals surface area contributed by atoms with Gasteiger partial charge < -0.3 is 14.2 Å². The summed E-state index contributed by atoms with van der Waals surface area (Å²) >= 11 is 5.95. The van der Waals surface area contributed by atoms with E-state index in [-0.39, 0.29) is 23.4 Å². The van der Waals surface area contributed by atoms with E-state index in [1.165, 1.54) is 32.4 Å². The lowest BCUT2D eigenvalue weighted by molar-refractivity contribution is 0.0599. The van der Waals surface area contributed by atoms with E-state index in [0.717, 1.165) is 16.7 Å². The summed E-state index contributed by atoms with van der Waals surface area (Å²) in [5.41, 5.74) is 3.45. The summed E-state index contributed by atoms with van der Waals surface area (Å²) < 4.78 is 14.6. The average molecular weight is 468 g/mol. The van der Waals surface area contributed by atoms with Crippen molar-refractivity contribution in [3.8, 4) is 11.1 Å². The van der Waals surface area contributed by atoms with Gasteiger partial charge in [0.1, 0.15) is 0 Å². The molecule has 170 valence electrons. The zero-order valence-corrected chi connectivity index (χ0v) is 18.8. The van der Waals surface area contributed by atoms with Gasteiger partial charge in [-0.15, -0.1) is 0 Å². The second-order valence-corrected chi connectivity index (χ2v) is 7.44. The lowest BCUT2D eigenvalue weighted by Gasteiger charge is -2.10. The zero-order valence-electron chi connectivity index (χ0n) is 18.1. The molecule has 8 heteroatoms. The maximum absolute atomic E-state index is 12.2. The van der Waals surface area contributed by atoms with Crippen LogP contribution in [0.2, 0.25) is 5.02 Å². The summed E-state index contributed by atoms with van der Waals surface area (Å²) in [5.74, 6) is -1.31. The van der Waals surface area contributed by atoms with Gasteiger partial charge in [0.2, 0.25) is 0 Å². The Morgan fingerprint density at radius 1 is 0.818 bits per heavy atom. The van der Waals surface area contributed by atoms with Crippen LogP contribution >= 0.6 is 11.6 Å². The molecule has 0 aliphatic carbocycles. The van der Waals surface area contributed by atoms with E-state index >= 15 is 0 Å². The highest BCUT2D eigenvalue weighted by molar-refractivity contribution is 6.30. The van der Waals surface area contributed by atoms with E-state index in [0.29, 0.717) is 11.4 Å². The normalized spacial score (nSPS) is 10.3. The highest BCUT2D eigenvalue weighted by Gasteiger charge is 2.15. The van der Waals surface area contributed by atoms with Gasteiger partial charge in [0, 0.05) is 17.1 Å². The van der Waals surface area contributed by atoms with Crippen LogP contribution < -0.4 is 5.32 Å². The van der Waals surface area contributed by atoms with E-state index < -0.39 is 18.0 Å². The number of anilines is 1. The minimum absolute atomic E-state index is 0.0923. The van der Waals surface area contributed by atoms with E-state index in [9.17, 15) is 14.4 Å². The Bertz CT molecular complexity index is 1130. The molecule has 0 fully saturated rings. The van der Waals surface area contributed by atoms with Crippen molar-refractivity contribution >= 4 is 35.3 Å². The molecule has 0 saturated heterocycles. The van der Waals surface area contributed by atoms with Gasteiger partial charge in [-0.2, -0.15) is 0 Å². The topological polar surface area (TPSA) is 90.9 Å². The Balaban J connectivity index is 1.62. The monoisotopic (exact) mass is 467 g/mol. The van der Waals surface area contributed by atoms with Gasteiger partial charge in [-0.05, 0) is 47.0 Å². The van der Waals surface area contributed by atoms with Crippen LogP contribution in [-0.2, 0) is 20.6 Å². The Morgan fingerprint density at radius 2 is 1.45 bits per heavy atom.